The van der Waals surface area contributed by atoms with Crippen LogP contribution < -0.4 is 15.4 Å². The van der Waals surface area contributed by atoms with Crippen molar-refractivity contribution in [2.75, 3.05) is 17.2 Å². The Morgan fingerprint density at radius 1 is 0.765 bits per heavy atom. The van der Waals surface area contributed by atoms with Gasteiger partial charge in [-0.2, -0.15) is 0 Å². The highest BCUT2D eigenvalue weighted by molar-refractivity contribution is 9.10. The summed E-state index contributed by atoms with van der Waals surface area (Å²) < 4.78 is 6.45. The fourth-order valence-electron chi connectivity index (χ4n) is 3.39. The largest absolute Gasteiger partial charge is 0.483 e. The first kappa shape index (κ1) is 23.3. The number of amides is 2. The molecule has 0 bridgehead atoms. The number of aryl methyl sites for hydroxylation is 1. The van der Waals surface area contributed by atoms with Gasteiger partial charge in [-0.3, -0.25) is 9.59 Å². The van der Waals surface area contributed by atoms with E-state index in [0.29, 0.717) is 22.7 Å². The van der Waals surface area contributed by atoms with Gasteiger partial charge >= 0.3 is 0 Å². The Morgan fingerprint density at radius 3 is 2.15 bits per heavy atom. The van der Waals surface area contributed by atoms with Crippen molar-refractivity contribution >= 4 is 39.1 Å². The molecule has 6 heteroatoms. The van der Waals surface area contributed by atoms with Gasteiger partial charge in [0.15, 0.2) is 6.61 Å². The molecule has 0 aliphatic carbocycles. The van der Waals surface area contributed by atoms with Crippen molar-refractivity contribution < 1.29 is 14.3 Å². The third kappa shape index (κ3) is 6.11. The Balaban J connectivity index is 1.30. The highest BCUT2D eigenvalue weighted by atomic mass is 79.9. The van der Waals surface area contributed by atoms with Crippen LogP contribution in [-0.2, 0) is 4.79 Å². The number of hydrogen-bond acceptors (Lipinski definition) is 3. The van der Waals surface area contributed by atoms with E-state index in [1.807, 2.05) is 73.7 Å². The molecule has 34 heavy (non-hydrogen) atoms. The monoisotopic (exact) mass is 514 g/mol. The lowest BCUT2D eigenvalue weighted by molar-refractivity contribution is -0.118. The maximum absolute atomic E-state index is 12.4. The highest BCUT2D eigenvalue weighted by Gasteiger charge is 2.09. The number of ether oxygens (including phenoxy) is 1. The average Bonchev–Trinajstić information content (AvgIpc) is 2.85. The minimum Gasteiger partial charge on any atom is -0.483 e. The molecule has 0 aliphatic heterocycles. The SMILES string of the molecule is Cc1cccc(C(=O)Nc2ccc(NC(=O)COc3ccc(-c4ccccc4)cc3Br)cc2)c1. The van der Waals surface area contributed by atoms with E-state index in [-0.39, 0.29) is 18.4 Å². The van der Waals surface area contributed by atoms with Gasteiger partial charge in [-0.05, 0) is 82.5 Å². The predicted octanol–water partition coefficient (Wildman–Crippen LogP) is 6.69. The van der Waals surface area contributed by atoms with E-state index in [1.54, 1.807) is 30.3 Å². The standard InChI is InChI=1S/C28H23BrN2O3/c1-19-6-5-9-22(16-19)28(33)31-24-13-11-23(12-14-24)30-27(32)18-34-26-15-10-21(17-25(26)29)20-7-3-2-4-8-20/h2-17H,18H2,1H3,(H,30,32)(H,31,33). The van der Waals surface area contributed by atoms with E-state index >= 15 is 0 Å². The molecule has 170 valence electrons. The number of halogens is 1. The first-order chi connectivity index (χ1) is 16.5. The average molecular weight is 515 g/mol. The lowest BCUT2D eigenvalue weighted by Gasteiger charge is -2.11. The summed E-state index contributed by atoms with van der Waals surface area (Å²) in [7, 11) is 0. The quantitative estimate of drug-likeness (QED) is 0.288. The van der Waals surface area contributed by atoms with E-state index in [1.165, 1.54) is 0 Å². The molecule has 0 unspecified atom stereocenters. The summed E-state index contributed by atoms with van der Waals surface area (Å²) in [5.74, 6) is 0.123. The molecule has 0 saturated heterocycles. The third-order valence-electron chi connectivity index (χ3n) is 5.10. The van der Waals surface area contributed by atoms with Crippen LogP contribution in [0, 0.1) is 6.92 Å². The van der Waals surface area contributed by atoms with E-state index in [4.69, 9.17) is 4.74 Å². The van der Waals surface area contributed by atoms with Gasteiger partial charge < -0.3 is 15.4 Å². The van der Waals surface area contributed by atoms with Crippen molar-refractivity contribution in [1.29, 1.82) is 0 Å². The molecule has 5 nitrogen and oxygen atoms in total. The summed E-state index contributed by atoms with van der Waals surface area (Å²) >= 11 is 3.52. The molecule has 0 heterocycles. The van der Waals surface area contributed by atoms with Gasteiger partial charge in [0.25, 0.3) is 11.8 Å². The van der Waals surface area contributed by atoms with Crippen molar-refractivity contribution in [3.05, 3.63) is 113 Å². The summed E-state index contributed by atoms with van der Waals surface area (Å²) in [6.07, 6.45) is 0. The summed E-state index contributed by atoms with van der Waals surface area (Å²) in [4.78, 5) is 24.7. The molecule has 4 aromatic carbocycles. The molecule has 0 radical (unpaired) electrons. The van der Waals surface area contributed by atoms with Crippen molar-refractivity contribution in [2.24, 2.45) is 0 Å². The summed E-state index contributed by atoms with van der Waals surface area (Å²) in [5.41, 5.74) is 5.03. The predicted molar refractivity (Wildman–Crippen MR) is 139 cm³/mol. The van der Waals surface area contributed by atoms with Crippen molar-refractivity contribution in [1.82, 2.24) is 0 Å². The van der Waals surface area contributed by atoms with E-state index in [2.05, 4.69) is 26.6 Å². The molecule has 0 aliphatic rings. The number of anilines is 2. The number of carbonyl (C=O) groups excluding carboxylic acids is 2. The Morgan fingerprint density at radius 2 is 1.47 bits per heavy atom. The van der Waals surface area contributed by atoms with Gasteiger partial charge in [-0.15, -0.1) is 0 Å². The zero-order valence-electron chi connectivity index (χ0n) is 18.5. The lowest BCUT2D eigenvalue weighted by Crippen LogP contribution is -2.20. The molecule has 0 saturated carbocycles. The van der Waals surface area contributed by atoms with Crippen LogP contribution >= 0.6 is 15.9 Å². The normalized spacial score (nSPS) is 10.4. The molecule has 4 aromatic rings. The Labute approximate surface area is 206 Å². The number of benzene rings is 4. The second-order valence-electron chi connectivity index (χ2n) is 7.75. The Hall–Kier alpha value is -3.90. The smallest absolute Gasteiger partial charge is 0.262 e. The Bertz CT molecular complexity index is 1310. The van der Waals surface area contributed by atoms with Crippen molar-refractivity contribution in [2.45, 2.75) is 6.92 Å². The van der Waals surface area contributed by atoms with Gasteiger partial charge in [0, 0.05) is 16.9 Å². The summed E-state index contributed by atoms with van der Waals surface area (Å²) in [6.45, 7) is 1.81. The van der Waals surface area contributed by atoms with E-state index in [9.17, 15) is 9.59 Å². The van der Waals surface area contributed by atoms with Gasteiger partial charge in [-0.1, -0.05) is 54.1 Å². The van der Waals surface area contributed by atoms with E-state index < -0.39 is 0 Å². The second-order valence-corrected chi connectivity index (χ2v) is 8.60. The molecule has 4 rings (SSSR count). The summed E-state index contributed by atoms with van der Waals surface area (Å²) in [6, 6.07) is 30.1. The van der Waals surface area contributed by atoms with Crippen LogP contribution in [0.3, 0.4) is 0 Å². The number of carbonyl (C=O) groups is 2. The second kappa shape index (κ2) is 10.8. The molecule has 0 spiro atoms. The zero-order valence-corrected chi connectivity index (χ0v) is 20.1. The summed E-state index contributed by atoms with van der Waals surface area (Å²) in [5, 5.41) is 5.65. The minimum absolute atomic E-state index is 0.130. The highest BCUT2D eigenvalue weighted by Crippen LogP contribution is 2.30. The van der Waals surface area contributed by atoms with Gasteiger partial charge in [-0.25, -0.2) is 0 Å². The topological polar surface area (TPSA) is 67.4 Å². The minimum atomic E-state index is -0.282. The van der Waals surface area contributed by atoms with Gasteiger partial charge in [0.05, 0.1) is 4.47 Å². The van der Waals surface area contributed by atoms with Crippen LogP contribution in [0.5, 0.6) is 5.75 Å². The molecule has 2 N–H and O–H groups in total. The first-order valence-electron chi connectivity index (χ1n) is 10.7. The number of nitrogens with one attached hydrogen (secondary N) is 2. The number of hydrogen-bond donors (Lipinski definition) is 2. The lowest BCUT2D eigenvalue weighted by atomic mass is 10.1. The van der Waals surface area contributed by atoms with Crippen LogP contribution in [0.4, 0.5) is 11.4 Å². The van der Waals surface area contributed by atoms with Gasteiger partial charge in [0.2, 0.25) is 0 Å². The molecule has 0 fully saturated rings. The van der Waals surface area contributed by atoms with Crippen LogP contribution in [0.1, 0.15) is 15.9 Å². The van der Waals surface area contributed by atoms with Crippen LogP contribution in [-0.4, -0.2) is 18.4 Å². The fourth-order valence-corrected chi connectivity index (χ4v) is 3.89. The fraction of sp³-hybridized carbons (Fsp3) is 0.0714. The molecule has 0 atom stereocenters. The van der Waals surface area contributed by atoms with Crippen LogP contribution in [0.15, 0.2) is 102 Å². The molecular weight excluding hydrogens is 492 g/mol. The maximum Gasteiger partial charge on any atom is 0.262 e. The maximum atomic E-state index is 12.4. The molecular formula is C28H23BrN2O3. The van der Waals surface area contributed by atoms with E-state index in [0.717, 1.165) is 21.2 Å². The van der Waals surface area contributed by atoms with Crippen molar-refractivity contribution in [3.63, 3.8) is 0 Å². The van der Waals surface area contributed by atoms with Gasteiger partial charge in [0.1, 0.15) is 5.75 Å². The van der Waals surface area contributed by atoms with Crippen LogP contribution in [0.2, 0.25) is 0 Å². The molecule has 2 amide bonds. The van der Waals surface area contributed by atoms with Crippen molar-refractivity contribution in [3.8, 4) is 16.9 Å². The zero-order chi connectivity index (χ0) is 23.9. The third-order valence-corrected chi connectivity index (χ3v) is 5.72. The van der Waals surface area contributed by atoms with Crippen LogP contribution in [0.25, 0.3) is 11.1 Å². The first-order valence-corrected chi connectivity index (χ1v) is 11.5. The number of rotatable bonds is 7. The molecule has 0 aromatic heterocycles. The Kier molecular flexibility index (Phi) is 7.40.